The van der Waals surface area contributed by atoms with Crippen LogP contribution in [0.3, 0.4) is 0 Å². The molecular formula is C43H37FN4. The van der Waals surface area contributed by atoms with Gasteiger partial charge in [-0.1, -0.05) is 103 Å². The van der Waals surface area contributed by atoms with Crippen molar-refractivity contribution in [3.63, 3.8) is 0 Å². The molecule has 0 bridgehead atoms. The lowest BCUT2D eigenvalue weighted by atomic mass is 9.91. The zero-order chi connectivity index (χ0) is 33.2. The minimum absolute atomic E-state index is 0.361. The third-order valence-corrected chi connectivity index (χ3v) is 8.95. The average Bonchev–Trinajstić information content (AvgIpc) is 3.39. The van der Waals surface area contributed by atoms with Crippen LogP contribution in [0.4, 0.5) is 10.1 Å². The van der Waals surface area contributed by atoms with Crippen molar-refractivity contribution in [2.24, 2.45) is 11.5 Å². The Labute approximate surface area is 279 Å². The Morgan fingerprint density at radius 2 is 1.44 bits per heavy atom. The van der Waals surface area contributed by atoms with E-state index < -0.39 is 0 Å². The normalized spacial score (nSPS) is 13.4. The van der Waals surface area contributed by atoms with Crippen molar-refractivity contribution in [2.75, 3.05) is 5.73 Å². The van der Waals surface area contributed by atoms with Gasteiger partial charge in [-0.3, -0.25) is 0 Å². The number of fused-ring (bicyclic) bond motifs is 1. The predicted molar refractivity (Wildman–Crippen MR) is 204 cm³/mol. The maximum atomic E-state index is 14.8. The maximum Gasteiger partial charge on any atom is 0.121 e. The first-order valence-electron chi connectivity index (χ1n) is 16.2. The van der Waals surface area contributed by atoms with Gasteiger partial charge in [0.2, 0.25) is 0 Å². The van der Waals surface area contributed by atoms with Crippen molar-refractivity contribution in [3.8, 4) is 5.69 Å². The standard InChI is InChI=1S/C43H37FN4/c1-2-10-40-43(47)36-14-7-8-16-39(36)48(40)33-23-19-28(20-24-33)38(46)27-32(44)13-5-3-4-6-15-37(45)34-25-21-31-18-17-29-11-9-12-30-22-26-35(34)42(31)41(29)30/h2,4,6-27H,3,5,45-47H2,1H3/b6-4-,10-2-,32-13+,37-15-,38-27-. The molecule has 0 aliphatic rings. The number of allylic oxidation sites excluding steroid dienone is 7. The summed E-state index contributed by atoms with van der Waals surface area (Å²) in [6.45, 7) is 1.97. The van der Waals surface area contributed by atoms with Gasteiger partial charge in [0, 0.05) is 28.0 Å². The molecule has 6 aromatic carbocycles. The van der Waals surface area contributed by atoms with Crippen LogP contribution in [-0.4, -0.2) is 4.57 Å². The maximum absolute atomic E-state index is 14.8. The summed E-state index contributed by atoms with van der Waals surface area (Å²) in [5, 5.41) is 8.32. The lowest BCUT2D eigenvalue weighted by molar-refractivity contribution is 0.660. The SMILES string of the molecule is C/C=C\c1c(N)c2ccccc2n1-c1ccc(/C(N)=C/C(F)=C\CC/C=C\C=C(/N)c2ccc3ccc4cccc5ccc2c3c45)cc1. The molecule has 0 fully saturated rings. The number of para-hydroxylation sites is 1. The number of nitrogens with zero attached hydrogens (tertiary/aromatic N) is 1. The third kappa shape index (κ3) is 5.60. The Balaban J connectivity index is 1.02. The average molecular weight is 629 g/mol. The van der Waals surface area contributed by atoms with E-state index in [-0.39, 0.29) is 5.83 Å². The van der Waals surface area contributed by atoms with Crippen molar-refractivity contribution in [1.82, 2.24) is 4.57 Å². The molecule has 1 heterocycles. The fourth-order valence-electron chi connectivity index (χ4n) is 6.64. The molecule has 0 saturated carbocycles. The smallest absolute Gasteiger partial charge is 0.121 e. The largest absolute Gasteiger partial charge is 0.398 e. The zero-order valence-electron chi connectivity index (χ0n) is 26.8. The monoisotopic (exact) mass is 628 g/mol. The van der Waals surface area contributed by atoms with Crippen LogP contribution in [0.25, 0.3) is 66.4 Å². The summed E-state index contributed by atoms with van der Waals surface area (Å²) in [7, 11) is 0. The van der Waals surface area contributed by atoms with Crippen LogP contribution < -0.4 is 17.2 Å². The quantitative estimate of drug-likeness (QED) is 0.0845. The van der Waals surface area contributed by atoms with Gasteiger partial charge in [-0.15, -0.1) is 0 Å². The summed E-state index contributed by atoms with van der Waals surface area (Å²) in [5.41, 5.74) is 25.8. The number of nitrogens with two attached hydrogens (primary N) is 3. The molecule has 0 spiro atoms. The molecule has 4 nitrogen and oxygen atoms in total. The molecule has 0 aliphatic carbocycles. The number of aromatic nitrogens is 1. The minimum Gasteiger partial charge on any atom is -0.398 e. The molecule has 5 heteroatoms. The van der Waals surface area contributed by atoms with Crippen LogP contribution in [-0.2, 0) is 0 Å². The van der Waals surface area contributed by atoms with E-state index in [4.69, 9.17) is 17.2 Å². The van der Waals surface area contributed by atoms with E-state index >= 15 is 0 Å². The van der Waals surface area contributed by atoms with E-state index in [9.17, 15) is 4.39 Å². The van der Waals surface area contributed by atoms with Crippen molar-refractivity contribution < 1.29 is 4.39 Å². The lowest BCUT2D eigenvalue weighted by Crippen LogP contribution is -2.00. The second-order valence-electron chi connectivity index (χ2n) is 12.0. The van der Waals surface area contributed by atoms with Crippen molar-refractivity contribution in [1.29, 1.82) is 0 Å². The molecule has 7 rings (SSSR count). The van der Waals surface area contributed by atoms with E-state index in [1.807, 2.05) is 79.8 Å². The summed E-state index contributed by atoms with van der Waals surface area (Å²) in [6, 6.07) is 35.1. The second-order valence-corrected chi connectivity index (χ2v) is 12.0. The van der Waals surface area contributed by atoms with Crippen molar-refractivity contribution in [3.05, 3.63) is 162 Å². The molecule has 0 amide bonds. The van der Waals surface area contributed by atoms with E-state index in [0.717, 1.165) is 44.5 Å². The van der Waals surface area contributed by atoms with Crippen molar-refractivity contribution >= 4 is 66.4 Å². The molecular weight excluding hydrogens is 591 g/mol. The number of benzene rings is 6. The molecule has 0 radical (unpaired) electrons. The van der Waals surface area contributed by atoms with Crippen LogP contribution in [0, 0.1) is 0 Å². The molecule has 7 aromatic rings. The van der Waals surface area contributed by atoms with E-state index in [0.29, 0.717) is 24.2 Å². The van der Waals surface area contributed by atoms with Crippen LogP contribution >= 0.6 is 0 Å². The van der Waals surface area contributed by atoms with Gasteiger partial charge in [0.05, 0.1) is 16.9 Å². The van der Waals surface area contributed by atoms with Gasteiger partial charge in [0.25, 0.3) is 0 Å². The second kappa shape index (κ2) is 13.0. The number of anilines is 1. The highest BCUT2D eigenvalue weighted by atomic mass is 19.1. The molecule has 48 heavy (non-hydrogen) atoms. The van der Waals surface area contributed by atoms with Gasteiger partial charge in [0.1, 0.15) is 5.83 Å². The number of hydrogen-bond donors (Lipinski definition) is 3. The van der Waals surface area contributed by atoms with Crippen molar-refractivity contribution in [2.45, 2.75) is 19.8 Å². The van der Waals surface area contributed by atoms with Gasteiger partial charge >= 0.3 is 0 Å². The number of nitrogen functional groups attached to an aromatic ring is 1. The summed E-state index contributed by atoms with van der Waals surface area (Å²) in [6.07, 6.45) is 14.0. The molecule has 0 unspecified atom stereocenters. The fourth-order valence-corrected chi connectivity index (χ4v) is 6.64. The Bertz CT molecular complexity index is 2420. The van der Waals surface area contributed by atoms with Crippen LogP contribution in [0.5, 0.6) is 0 Å². The highest BCUT2D eigenvalue weighted by molar-refractivity contribution is 6.24. The predicted octanol–water partition coefficient (Wildman–Crippen LogP) is 10.6. The highest BCUT2D eigenvalue weighted by Crippen LogP contribution is 2.37. The topological polar surface area (TPSA) is 83.0 Å². The van der Waals surface area contributed by atoms with Gasteiger partial charge in [-0.05, 0) is 100 Å². The Hall–Kier alpha value is -6.07. The first-order valence-corrected chi connectivity index (χ1v) is 16.2. The Morgan fingerprint density at radius 3 is 2.21 bits per heavy atom. The number of unbranched alkanes of at least 4 members (excludes halogenated alkanes) is 1. The first-order chi connectivity index (χ1) is 23.4. The van der Waals surface area contributed by atoms with E-state index in [2.05, 4.69) is 65.2 Å². The van der Waals surface area contributed by atoms with Gasteiger partial charge in [-0.25, -0.2) is 4.39 Å². The van der Waals surface area contributed by atoms with Crippen LogP contribution in [0.1, 0.15) is 36.6 Å². The summed E-state index contributed by atoms with van der Waals surface area (Å²) < 4.78 is 16.9. The molecule has 0 atom stereocenters. The molecule has 1 aromatic heterocycles. The Morgan fingerprint density at radius 1 is 0.729 bits per heavy atom. The number of halogens is 1. The highest BCUT2D eigenvalue weighted by Gasteiger charge is 2.15. The minimum atomic E-state index is -0.367. The fraction of sp³-hybridized carbons (Fsp3) is 0.0698. The molecule has 236 valence electrons. The molecule has 0 saturated heterocycles. The molecule has 0 aliphatic heterocycles. The summed E-state index contributed by atoms with van der Waals surface area (Å²) in [5.74, 6) is -0.367. The number of rotatable bonds is 9. The number of hydrogen-bond acceptors (Lipinski definition) is 3. The van der Waals surface area contributed by atoms with Crippen LogP contribution in [0.15, 0.2) is 145 Å². The van der Waals surface area contributed by atoms with Gasteiger partial charge < -0.3 is 21.8 Å². The summed E-state index contributed by atoms with van der Waals surface area (Å²) in [4.78, 5) is 0. The zero-order valence-corrected chi connectivity index (χ0v) is 26.8. The van der Waals surface area contributed by atoms with Gasteiger partial charge in [0.15, 0.2) is 0 Å². The van der Waals surface area contributed by atoms with E-state index in [1.54, 1.807) is 6.08 Å². The van der Waals surface area contributed by atoms with Crippen LogP contribution in [0.2, 0.25) is 0 Å². The van der Waals surface area contributed by atoms with Gasteiger partial charge in [-0.2, -0.15) is 0 Å². The summed E-state index contributed by atoms with van der Waals surface area (Å²) >= 11 is 0. The van der Waals surface area contributed by atoms with E-state index in [1.165, 1.54) is 33.0 Å². The third-order valence-electron chi connectivity index (χ3n) is 8.95. The molecule has 6 N–H and O–H groups in total. The lowest BCUT2D eigenvalue weighted by Gasteiger charge is -2.14. The first kappa shape index (κ1) is 30.6. The Kier molecular flexibility index (Phi) is 8.26.